The van der Waals surface area contributed by atoms with Gasteiger partial charge in [0, 0.05) is 24.7 Å². The van der Waals surface area contributed by atoms with Gasteiger partial charge in [-0.25, -0.2) is 13.1 Å². The number of carbonyl (C=O) groups excluding carboxylic acids is 3. The molecular weight excluding hydrogens is 466 g/mol. The van der Waals surface area contributed by atoms with Gasteiger partial charge in [-0.05, 0) is 80.3 Å². The number of hydrogen-bond donors (Lipinski definition) is 2. The topological polar surface area (TPSA) is 113 Å². The van der Waals surface area contributed by atoms with Crippen LogP contribution in [0.4, 0.5) is 5.69 Å². The largest absolute Gasteiger partial charge is 0.326 e. The summed E-state index contributed by atoms with van der Waals surface area (Å²) >= 11 is 0. The Bertz CT molecular complexity index is 1240. The number of fused-ring (bicyclic) bond motifs is 3. The molecule has 8 nitrogen and oxygen atoms in total. The number of rotatable bonds is 8. The molecule has 2 aromatic rings. The standard InChI is InChI=1S/C26H29N3O5S/c1-16(23-15-17-6-7-18(23)14-17)28-35(33,34)20-10-8-19(9-11-20)27-24(30)12-13-29-25(31)21-4-2-3-5-22(21)26(29)32/h2-5,8-11,16-18,23,28H,6-7,12-15H2,1H3,(H,27,30)/t16-,17+,18+,23+/m0/s1. The molecule has 35 heavy (non-hydrogen) atoms. The van der Waals surface area contributed by atoms with Crippen molar-refractivity contribution in [1.29, 1.82) is 0 Å². The predicted molar refractivity (Wildman–Crippen MR) is 130 cm³/mol. The summed E-state index contributed by atoms with van der Waals surface area (Å²) in [6, 6.07) is 12.5. The molecule has 184 valence electrons. The molecule has 2 N–H and O–H groups in total. The number of imide groups is 1. The third kappa shape index (κ3) is 4.62. The van der Waals surface area contributed by atoms with Crippen LogP contribution in [0, 0.1) is 17.8 Å². The molecule has 2 fully saturated rings. The minimum Gasteiger partial charge on any atom is -0.326 e. The molecule has 9 heteroatoms. The monoisotopic (exact) mass is 495 g/mol. The van der Waals surface area contributed by atoms with Gasteiger partial charge in [0.15, 0.2) is 0 Å². The highest BCUT2D eigenvalue weighted by atomic mass is 32.2. The average molecular weight is 496 g/mol. The van der Waals surface area contributed by atoms with Gasteiger partial charge < -0.3 is 5.32 Å². The van der Waals surface area contributed by atoms with E-state index in [9.17, 15) is 22.8 Å². The Balaban J connectivity index is 1.14. The summed E-state index contributed by atoms with van der Waals surface area (Å²) in [5, 5.41) is 2.70. The number of carbonyl (C=O) groups is 3. The van der Waals surface area contributed by atoms with E-state index in [-0.39, 0.29) is 29.8 Å². The molecule has 1 heterocycles. The van der Waals surface area contributed by atoms with Crippen molar-refractivity contribution in [3.63, 3.8) is 0 Å². The molecule has 4 atom stereocenters. The number of nitrogens with one attached hydrogen (secondary N) is 2. The van der Waals surface area contributed by atoms with E-state index in [1.54, 1.807) is 24.3 Å². The normalized spacial score (nSPS) is 24.0. The quantitative estimate of drug-likeness (QED) is 0.545. The molecule has 0 spiro atoms. The first-order chi connectivity index (χ1) is 16.7. The van der Waals surface area contributed by atoms with Gasteiger partial charge in [0.2, 0.25) is 15.9 Å². The van der Waals surface area contributed by atoms with Crippen molar-refractivity contribution in [1.82, 2.24) is 9.62 Å². The van der Waals surface area contributed by atoms with E-state index in [4.69, 9.17) is 0 Å². The summed E-state index contributed by atoms with van der Waals surface area (Å²) in [5.41, 5.74) is 1.13. The summed E-state index contributed by atoms with van der Waals surface area (Å²) in [4.78, 5) is 38.5. The fourth-order valence-electron chi connectivity index (χ4n) is 5.90. The third-order valence-corrected chi connectivity index (χ3v) is 9.24. The van der Waals surface area contributed by atoms with Gasteiger partial charge in [0.1, 0.15) is 0 Å². The lowest BCUT2D eigenvalue weighted by Gasteiger charge is -2.28. The number of amides is 3. The molecule has 3 amide bonds. The van der Waals surface area contributed by atoms with Gasteiger partial charge in [0.25, 0.3) is 11.8 Å². The van der Waals surface area contributed by atoms with Gasteiger partial charge in [-0.15, -0.1) is 0 Å². The molecule has 0 unspecified atom stereocenters. The fourth-order valence-corrected chi connectivity index (χ4v) is 7.20. The molecule has 0 saturated heterocycles. The van der Waals surface area contributed by atoms with Crippen LogP contribution in [0.1, 0.15) is 59.7 Å². The number of hydrogen-bond acceptors (Lipinski definition) is 5. The zero-order valence-corrected chi connectivity index (χ0v) is 20.4. The third-order valence-electron chi connectivity index (χ3n) is 7.67. The van der Waals surface area contributed by atoms with Gasteiger partial charge in [-0.2, -0.15) is 0 Å². The van der Waals surface area contributed by atoms with E-state index in [0.29, 0.717) is 28.7 Å². The SMILES string of the molecule is C[C@H](NS(=O)(=O)c1ccc(NC(=O)CCN2C(=O)c3ccccc3C2=O)cc1)[C@H]1C[C@@H]2CC[C@@H]1C2. The number of benzene rings is 2. The van der Waals surface area contributed by atoms with Crippen LogP contribution in [0.25, 0.3) is 0 Å². The first kappa shape index (κ1) is 23.7. The van der Waals surface area contributed by atoms with Crippen molar-refractivity contribution in [2.45, 2.75) is 50.0 Å². The van der Waals surface area contributed by atoms with Gasteiger partial charge in [-0.1, -0.05) is 18.6 Å². The van der Waals surface area contributed by atoms with E-state index in [1.807, 2.05) is 6.92 Å². The maximum atomic E-state index is 12.9. The zero-order valence-electron chi connectivity index (χ0n) is 19.6. The van der Waals surface area contributed by atoms with Crippen molar-refractivity contribution in [3.8, 4) is 0 Å². The lowest BCUT2D eigenvalue weighted by atomic mass is 9.84. The van der Waals surface area contributed by atoms with Gasteiger partial charge in [-0.3, -0.25) is 19.3 Å². The highest BCUT2D eigenvalue weighted by molar-refractivity contribution is 7.89. The lowest BCUT2D eigenvalue weighted by Crippen LogP contribution is -2.40. The highest BCUT2D eigenvalue weighted by Crippen LogP contribution is 2.49. The summed E-state index contributed by atoms with van der Waals surface area (Å²) < 4.78 is 28.6. The van der Waals surface area contributed by atoms with E-state index in [2.05, 4.69) is 10.0 Å². The van der Waals surface area contributed by atoms with Crippen LogP contribution in [0.5, 0.6) is 0 Å². The van der Waals surface area contributed by atoms with Gasteiger partial charge in [0.05, 0.1) is 16.0 Å². The maximum Gasteiger partial charge on any atom is 0.261 e. The Labute approximate surface area is 205 Å². The lowest BCUT2D eigenvalue weighted by molar-refractivity contribution is -0.116. The average Bonchev–Trinajstić information content (AvgIpc) is 3.53. The van der Waals surface area contributed by atoms with Crippen molar-refractivity contribution in [3.05, 3.63) is 59.7 Å². The number of anilines is 1. The first-order valence-electron chi connectivity index (χ1n) is 12.1. The highest BCUT2D eigenvalue weighted by Gasteiger charge is 2.42. The molecular formula is C26H29N3O5S. The molecule has 3 aliphatic rings. The summed E-state index contributed by atoms with van der Waals surface area (Å²) in [6.45, 7) is 1.92. The Kier molecular flexibility index (Phi) is 6.23. The molecule has 2 saturated carbocycles. The van der Waals surface area contributed by atoms with E-state index in [0.717, 1.165) is 17.2 Å². The molecule has 5 rings (SSSR count). The Morgan fingerprint density at radius 3 is 2.23 bits per heavy atom. The van der Waals surface area contributed by atoms with Gasteiger partial charge >= 0.3 is 0 Å². The minimum absolute atomic E-state index is 0.0323. The van der Waals surface area contributed by atoms with Crippen molar-refractivity contribution < 1.29 is 22.8 Å². The van der Waals surface area contributed by atoms with Crippen LogP contribution < -0.4 is 10.0 Å². The second-order valence-electron chi connectivity index (χ2n) is 9.88. The smallest absolute Gasteiger partial charge is 0.261 e. The van der Waals surface area contributed by atoms with E-state index >= 15 is 0 Å². The molecule has 2 aromatic carbocycles. The Morgan fingerprint density at radius 1 is 1.00 bits per heavy atom. The van der Waals surface area contributed by atoms with Crippen LogP contribution in [-0.2, 0) is 14.8 Å². The van der Waals surface area contributed by atoms with Crippen LogP contribution in [-0.4, -0.2) is 43.6 Å². The first-order valence-corrected chi connectivity index (χ1v) is 13.6. The van der Waals surface area contributed by atoms with Crippen LogP contribution >= 0.6 is 0 Å². The predicted octanol–water partition coefficient (Wildman–Crippen LogP) is 3.41. The molecule has 2 bridgehead atoms. The van der Waals surface area contributed by atoms with Crippen molar-refractivity contribution >= 4 is 33.4 Å². The summed E-state index contributed by atoms with van der Waals surface area (Å²) in [5.74, 6) is 0.581. The second kappa shape index (κ2) is 9.20. The minimum atomic E-state index is -3.66. The van der Waals surface area contributed by atoms with E-state index in [1.165, 1.54) is 43.5 Å². The van der Waals surface area contributed by atoms with Crippen molar-refractivity contribution in [2.24, 2.45) is 17.8 Å². The van der Waals surface area contributed by atoms with Crippen LogP contribution in [0.3, 0.4) is 0 Å². The summed E-state index contributed by atoms with van der Waals surface area (Å²) in [7, 11) is -3.66. The summed E-state index contributed by atoms with van der Waals surface area (Å²) in [6.07, 6.45) is 4.72. The fraction of sp³-hybridized carbons (Fsp3) is 0.423. The number of sulfonamides is 1. The molecule has 0 radical (unpaired) electrons. The number of nitrogens with zero attached hydrogens (tertiary/aromatic N) is 1. The zero-order chi connectivity index (χ0) is 24.7. The second-order valence-corrected chi connectivity index (χ2v) is 11.6. The Hall–Kier alpha value is -3.04. The van der Waals surface area contributed by atoms with Crippen LogP contribution in [0.2, 0.25) is 0 Å². The maximum absolute atomic E-state index is 12.9. The van der Waals surface area contributed by atoms with Crippen molar-refractivity contribution in [2.75, 3.05) is 11.9 Å². The van der Waals surface area contributed by atoms with E-state index < -0.39 is 21.8 Å². The molecule has 1 aliphatic heterocycles. The van der Waals surface area contributed by atoms with Crippen LogP contribution in [0.15, 0.2) is 53.4 Å². The Morgan fingerprint density at radius 2 is 1.66 bits per heavy atom. The molecule has 2 aliphatic carbocycles. The molecule has 0 aromatic heterocycles.